The van der Waals surface area contributed by atoms with Crippen LogP contribution < -0.4 is 66.7 Å². The van der Waals surface area contributed by atoms with Gasteiger partial charge < -0.3 is 86.5 Å². The van der Waals surface area contributed by atoms with Crippen molar-refractivity contribution < 1.29 is 67.4 Å². The third-order valence-corrected chi connectivity index (χ3v) is 11.7. The second-order valence-corrected chi connectivity index (χ2v) is 18.2. The average molecular weight is 1060 g/mol. The number of carboxylic acid groups (broad SMARTS) is 1. The van der Waals surface area contributed by atoms with Crippen molar-refractivity contribution >= 4 is 82.8 Å². The van der Waals surface area contributed by atoms with Crippen LogP contribution in [0.25, 0.3) is 0 Å². The molecule has 0 aromatic rings. The molecule has 30 heteroatoms. The van der Waals surface area contributed by atoms with Crippen LogP contribution in [0.5, 0.6) is 0 Å². The summed E-state index contributed by atoms with van der Waals surface area (Å²) in [4.78, 5) is 174. The molecular formula is C44H78N16O14. The van der Waals surface area contributed by atoms with Gasteiger partial charge in [0, 0.05) is 53.4 Å². The summed E-state index contributed by atoms with van der Waals surface area (Å²) in [5.74, 6) is -12.3. The highest BCUT2D eigenvalue weighted by Gasteiger charge is 2.38. The lowest BCUT2D eigenvalue weighted by Gasteiger charge is -2.34. The molecule has 12 amide bonds. The first-order valence-corrected chi connectivity index (χ1v) is 23.7. The topological polar surface area (TPSA) is 507 Å². The monoisotopic (exact) mass is 1050 g/mol. The van der Waals surface area contributed by atoms with Crippen LogP contribution in [0.2, 0.25) is 0 Å². The van der Waals surface area contributed by atoms with Crippen molar-refractivity contribution in [2.75, 3.05) is 27.7 Å². The van der Waals surface area contributed by atoms with Gasteiger partial charge >= 0.3 is 5.97 Å². The molecule has 0 aromatic heterocycles. The Morgan fingerprint density at radius 2 is 0.892 bits per heavy atom. The van der Waals surface area contributed by atoms with Crippen LogP contribution in [0.1, 0.15) is 105 Å². The van der Waals surface area contributed by atoms with Crippen LogP contribution in [0.15, 0.2) is 4.99 Å². The second kappa shape index (κ2) is 32.4. The van der Waals surface area contributed by atoms with Gasteiger partial charge in [-0.3, -0.25) is 62.5 Å². The Hall–Kier alpha value is -7.66. The summed E-state index contributed by atoms with van der Waals surface area (Å²) in [6.07, 6.45) is -2.56. The number of aliphatic carboxylic acids is 1. The van der Waals surface area contributed by atoms with Crippen molar-refractivity contribution in [2.45, 2.75) is 160 Å². The fourth-order valence-corrected chi connectivity index (χ4v) is 6.94. The summed E-state index contributed by atoms with van der Waals surface area (Å²) in [5, 5.41) is 21.7. The molecule has 0 saturated carbocycles. The molecule has 0 aliphatic heterocycles. The second-order valence-electron chi connectivity index (χ2n) is 18.2. The van der Waals surface area contributed by atoms with Gasteiger partial charge in [-0.15, -0.1) is 0 Å². The number of aliphatic imine (C=N–C) groups is 1. The van der Waals surface area contributed by atoms with Gasteiger partial charge in [-0.1, -0.05) is 13.8 Å². The predicted octanol–water partition coefficient (Wildman–Crippen LogP) is -6.48. The number of hydrogen-bond acceptors (Lipinski definition) is 15. The third-order valence-electron chi connectivity index (χ3n) is 11.7. The van der Waals surface area contributed by atoms with E-state index in [1.54, 1.807) is 13.8 Å². The maximum atomic E-state index is 14.0. The fraction of sp³-hybridized carbons (Fsp3) is 0.682. The number of carbonyl (C=O) groups excluding carboxylic acids is 12. The zero-order valence-electron chi connectivity index (χ0n) is 43.3. The van der Waals surface area contributed by atoms with E-state index in [0.29, 0.717) is 6.42 Å². The zero-order valence-corrected chi connectivity index (χ0v) is 43.3. The number of carboxylic acids is 1. The summed E-state index contributed by atoms with van der Waals surface area (Å²) in [6, 6.07) is -12.7. The highest BCUT2D eigenvalue weighted by Crippen LogP contribution is 2.15. The van der Waals surface area contributed by atoms with Gasteiger partial charge in [0.05, 0.1) is 6.04 Å². The van der Waals surface area contributed by atoms with Gasteiger partial charge in [0.2, 0.25) is 70.9 Å². The molecule has 0 rings (SSSR count). The van der Waals surface area contributed by atoms with E-state index in [2.05, 4.69) is 31.6 Å². The van der Waals surface area contributed by atoms with Crippen molar-refractivity contribution in [2.24, 2.45) is 51.0 Å². The third kappa shape index (κ3) is 24.2. The van der Waals surface area contributed by atoms with Crippen LogP contribution in [0, 0.1) is 5.92 Å². The van der Waals surface area contributed by atoms with E-state index < -0.39 is 150 Å². The van der Waals surface area contributed by atoms with Crippen LogP contribution in [-0.4, -0.2) is 185 Å². The largest absolute Gasteiger partial charge is 0.480 e. The normalized spacial score (nSPS) is 14.6. The molecule has 0 aromatic carbocycles. The maximum Gasteiger partial charge on any atom is 0.326 e. The van der Waals surface area contributed by atoms with Crippen molar-refractivity contribution in [1.82, 2.24) is 41.3 Å². The molecule has 0 bridgehead atoms. The van der Waals surface area contributed by atoms with E-state index >= 15 is 0 Å². The minimum atomic E-state index is -1.57. The van der Waals surface area contributed by atoms with Gasteiger partial charge in [0.25, 0.3) is 0 Å². The van der Waals surface area contributed by atoms with E-state index in [1.165, 1.54) is 41.9 Å². The van der Waals surface area contributed by atoms with E-state index in [4.69, 9.17) is 40.1 Å². The van der Waals surface area contributed by atoms with Crippen molar-refractivity contribution in [3.8, 4) is 0 Å². The molecule has 0 aliphatic carbocycles. The number of nitrogens with one attached hydrogen (secondary N) is 5. The molecule has 0 saturated heterocycles. The smallest absolute Gasteiger partial charge is 0.326 e. The number of nitrogens with zero attached hydrogens (tertiary/aromatic N) is 4. The summed E-state index contributed by atoms with van der Waals surface area (Å²) in [7, 11) is 3.56. The first-order chi connectivity index (χ1) is 34.2. The summed E-state index contributed by atoms with van der Waals surface area (Å²) < 4.78 is 0. The molecular weight excluding hydrogens is 977 g/mol. The quantitative estimate of drug-likeness (QED) is 0.0159. The summed E-state index contributed by atoms with van der Waals surface area (Å²) in [5.41, 5.74) is 37.9. The maximum absolute atomic E-state index is 14.0. The molecule has 418 valence electrons. The van der Waals surface area contributed by atoms with Crippen LogP contribution in [0.3, 0.4) is 0 Å². The first-order valence-electron chi connectivity index (χ1n) is 23.7. The molecule has 0 fully saturated rings. The molecule has 9 atom stereocenters. The van der Waals surface area contributed by atoms with Crippen molar-refractivity contribution in [3.05, 3.63) is 0 Å². The number of likely N-dealkylation sites (N-methyl/N-ethyl adjacent to an activating group) is 3. The predicted molar refractivity (Wildman–Crippen MR) is 265 cm³/mol. The molecule has 0 heterocycles. The van der Waals surface area contributed by atoms with Gasteiger partial charge in [0.1, 0.15) is 48.3 Å². The standard InChI is InChI=1S/C44H78N16O14/c1-21(2)20-29(43(73)74)57-38(68)26(11-15-31(46)61)54-36(66)23(4)58(6)41(71)27(12-16-32(47)62)55-35(65)22(3)53-39(69)30(14-18-34(49)64)60(8)40(70)24(5)59(7)42(72)28(13-17-33(48)63)56-37(67)25(45)10-9-19-52-44(50)51/h21-30H,9-20,45H2,1-8H3,(H2,46,61)(H2,47,62)(H2,48,63)(H2,49,64)(H,53,69)(H,54,66)(H,55,65)(H,56,67)(H,57,68)(H,73,74)(H4,50,51,52)/t22-,23-,24-,25+,26+,27+,28+,29+,30+/m1/s1. The van der Waals surface area contributed by atoms with E-state index in [9.17, 15) is 67.4 Å². The Morgan fingerprint density at radius 1 is 0.473 bits per heavy atom. The lowest BCUT2D eigenvalue weighted by molar-refractivity contribution is -0.148. The average Bonchev–Trinajstić information content (AvgIpc) is 3.31. The number of primary amides is 4. The Labute approximate surface area is 429 Å². The SMILES string of the molecule is CC(C)C[C@H](NC(=O)[C@H](CCC(N)=O)NC(=O)[C@@H](C)N(C)C(=O)[C@H](CCC(N)=O)NC(=O)[C@@H](C)NC(=O)[C@H](CCC(N)=O)N(C)C(=O)[C@@H](C)N(C)C(=O)[C@H](CCC(N)=O)NC(=O)[C@@H](N)CCCN=C(N)N)C(=O)O. The minimum Gasteiger partial charge on any atom is -0.480 e. The van der Waals surface area contributed by atoms with E-state index in [-0.39, 0.29) is 63.4 Å². The van der Waals surface area contributed by atoms with Gasteiger partial charge in [-0.05, 0) is 71.6 Å². The molecule has 0 radical (unpaired) electrons. The minimum absolute atomic E-state index is 0.0373. The number of nitrogens with two attached hydrogens (primary N) is 7. The Kier molecular flexibility index (Phi) is 29.1. The molecule has 0 spiro atoms. The van der Waals surface area contributed by atoms with Crippen molar-refractivity contribution in [1.29, 1.82) is 0 Å². The highest BCUT2D eigenvalue weighted by molar-refractivity contribution is 5.98. The molecule has 20 N–H and O–H groups in total. The van der Waals surface area contributed by atoms with E-state index in [1.807, 2.05) is 0 Å². The fourth-order valence-electron chi connectivity index (χ4n) is 6.94. The van der Waals surface area contributed by atoms with Crippen LogP contribution in [0.4, 0.5) is 0 Å². The molecule has 30 nitrogen and oxygen atoms in total. The zero-order chi connectivity index (χ0) is 57.3. The van der Waals surface area contributed by atoms with Gasteiger partial charge in [-0.2, -0.15) is 0 Å². The lowest BCUT2D eigenvalue weighted by Crippen LogP contribution is -2.60. The van der Waals surface area contributed by atoms with Gasteiger partial charge in [0.15, 0.2) is 5.96 Å². The molecule has 74 heavy (non-hydrogen) atoms. The number of hydrogen-bond donors (Lipinski definition) is 13. The van der Waals surface area contributed by atoms with Crippen molar-refractivity contribution in [3.63, 3.8) is 0 Å². The highest BCUT2D eigenvalue weighted by atomic mass is 16.4. The number of carbonyl (C=O) groups is 13. The van der Waals surface area contributed by atoms with E-state index in [0.717, 1.165) is 14.7 Å². The number of rotatable bonds is 35. The van der Waals surface area contributed by atoms with Crippen LogP contribution in [-0.2, 0) is 62.3 Å². The number of amides is 12. The molecule has 0 unspecified atom stereocenters. The first kappa shape index (κ1) is 66.3. The summed E-state index contributed by atoms with van der Waals surface area (Å²) in [6.45, 7) is 7.38. The Morgan fingerprint density at radius 3 is 1.34 bits per heavy atom. The number of guanidine groups is 1. The lowest BCUT2D eigenvalue weighted by atomic mass is 10.0. The summed E-state index contributed by atoms with van der Waals surface area (Å²) >= 11 is 0. The molecule has 0 aliphatic rings. The van der Waals surface area contributed by atoms with Gasteiger partial charge in [-0.25, -0.2) is 4.79 Å². The van der Waals surface area contributed by atoms with Crippen LogP contribution >= 0.6 is 0 Å². The Bertz CT molecular complexity index is 2070. The Balaban J connectivity index is 6.39.